The van der Waals surface area contributed by atoms with E-state index in [9.17, 15) is 0 Å². The summed E-state index contributed by atoms with van der Waals surface area (Å²) < 4.78 is 0. The fourth-order valence-corrected chi connectivity index (χ4v) is 4.09. The van der Waals surface area contributed by atoms with Crippen LogP contribution in [-0.4, -0.2) is 22.4 Å². The van der Waals surface area contributed by atoms with Crippen molar-refractivity contribution in [2.24, 2.45) is 4.99 Å². The van der Waals surface area contributed by atoms with Crippen LogP contribution in [0.15, 0.2) is 65.7 Å². The van der Waals surface area contributed by atoms with Gasteiger partial charge in [-0.15, -0.1) is 0 Å². The number of amidine groups is 1. The van der Waals surface area contributed by atoms with Gasteiger partial charge in [-0.1, -0.05) is 72.4 Å². The summed E-state index contributed by atoms with van der Waals surface area (Å²) in [6.07, 6.45) is 0. The Kier molecular flexibility index (Phi) is 3.00. The zero-order valence-electron chi connectivity index (χ0n) is 11.1. The Bertz CT molecular complexity index is 624. The number of fused-ring (bicyclic) bond motifs is 1. The molecule has 1 fully saturated rings. The zero-order valence-corrected chi connectivity index (χ0v) is 12.0. The lowest BCUT2D eigenvalue weighted by molar-refractivity contribution is 0.335. The number of benzene rings is 2. The van der Waals surface area contributed by atoms with Crippen LogP contribution in [0.3, 0.4) is 0 Å². The first-order valence-corrected chi connectivity index (χ1v) is 7.99. The molecule has 1 saturated heterocycles. The first-order chi connectivity index (χ1) is 9.93. The van der Waals surface area contributed by atoms with Crippen molar-refractivity contribution in [3.8, 4) is 0 Å². The maximum absolute atomic E-state index is 4.98. The van der Waals surface area contributed by atoms with Crippen molar-refractivity contribution in [1.82, 2.24) is 4.90 Å². The van der Waals surface area contributed by atoms with E-state index in [1.54, 1.807) is 0 Å². The Balaban J connectivity index is 1.78. The minimum Gasteiger partial charge on any atom is -0.341 e. The zero-order chi connectivity index (χ0) is 13.4. The summed E-state index contributed by atoms with van der Waals surface area (Å²) >= 11 is 1.89. The molecule has 2 aromatic carbocycles. The van der Waals surface area contributed by atoms with E-state index in [-0.39, 0.29) is 6.04 Å². The third-order valence-electron chi connectivity index (χ3n) is 3.98. The van der Waals surface area contributed by atoms with Crippen LogP contribution >= 0.6 is 11.8 Å². The highest BCUT2D eigenvalue weighted by atomic mass is 32.2. The summed E-state index contributed by atoms with van der Waals surface area (Å²) in [5.41, 5.74) is 2.67. The summed E-state index contributed by atoms with van der Waals surface area (Å²) in [5.74, 6) is 1.16. The summed E-state index contributed by atoms with van der Waals surface area (Å²) in [4.78, 5) is 7.45. The number of rotatable bonds is 2. The standard InChI is InChI=1S/C17H16N2S/c1-3-7-13(8-4-1)15-16(14-9-5-2-6-10-14)19-11-12-20-17(19)18-15/h1-10,15-16H,11-12H2/t15-,16+/m1/s1. The second-order valence-corrected chi connectivity index (χ2v) is 6.23. The van der Waals surface area contributed by atoms with E-state index in [0.29, 0.717) is 6.04 Å². The Morgan fingerprint density at radius 1 is 0.900 bits per heavy atom. The monoisotopic (exact) mass is 280 g/mol. The average Bonchev–Trinajstić information content (AvgIpc) is 3.09. The molecule has 2 aliphatic rings. The predicted molar refractivity (Wildman–Crippen MR) is 85.0 cm³/mol. The predicted octanol–water partition coefficient (Wildman–Crippen LogP) is 3.89. The second-order valence-electron chi connectivity index (χ2n) is 5.16. The molecule has 0 unspecified atom stereocenters. The lowest BCUT2D eigenvalue weighted by atomic mass is 9.94. The molecule has 2 atom stereocenters. The van der Waals surface area contributed by atoms with Crippen LogP contribution in [0.25, 0.3) is 0 Å². The molecule has 0 saturated carbocycles. The lowest BCUT2D eigenvalue weighted by Gasteiger charge is -2.27. The van der Waals surface area contributed by atoms with E-state index in [4.69, 9.17) is 4.99 Å². The molecule has 2 nitrogen and oxygen atoms in total. The van der Waals surface area contributed by atoms with Crippen LogP contribution < -0.4 is 0 Å². The van der Waals surface area contributed by atoms with E-state index < -0.39 is 0 Å². The van der Waals surface area contributed by atoms with Crippen LogP contribution in [0.5, 0.6) is 0 Å². The van der Waals surface area contributed by atoms with Gasteiger partial charge in [0.1, 0.15) is 6.04 Å². The van der Waals surface area contributed by atoms with Crippen LogP contribution in [0.4, 0.5) is 0 Å². The molecule has 0 radical (unpaired) electrons. The quantitative estimate of drug-likeness (QED) is 0.829. The van der Waals surface area contributed by atoms with Crippen molar-refractivity contribution < 1.29 is 0 Å². The van der Waals surface area contributed by atoms with E-state index in [1.165, 1.54) is 16.3 Å². The van der Waals surface area contributed by atoms with Crippen LogP contribution in [0.1, 0.15) is 23.2 Å². The molecular formula is C17H16N2S. The van der Waals surface area contributed by atoms with Gasteiger partial charge in [0.05, 0.1) is 6.04 Å². The average molecular weight is 280 g/mol. The minimum atomic E-state index is 0.224. The van der Waals surface area contributed by atoms with Crippen LogP contribution in [0.2, 0.25) is 0 Å². The highest BCUT2D eigenvalue weighted by Gasteiger charge is 2.40. The fraction of sp³-hybridized carbons (Fsp3) is 0.235. The van der Waals surface area contributed by atoms with Gasteiger partial charge in [-0.25, -0.2) is 0 Å². The molecule has 2 heterocycles. The SMILES string of the molecule is c1ccc([C@H]2N=C3SCCN3[C@H]2c2ccccc2)cc1. The fourth-order valence-electron chi connectivity index (χ4n) is 3.06. The molecule has 0 spiro atoms. The molecule has 2 aliphatic heterocycles. The van der Waals surface area contributed by atoms with Gasteiger partial charge >= 0.3 is 0 Å². The topological polar surface area (TPSA) is 15.6 Å². The minimum absolute atomic E-state index is 0.224. The molecule has 0 bridgehead atoms. The van der Waals surface area contributed by atoms with Gasteiger partial charge < -0.3 is 4.90 Å². The molecule has 0 aliphatic carbocycles. The van der Waals surface area contributed by atoms with Gasteiger partial charge in [0.2, 0.25) is 0 Å². The molecule has 0 aromatic heterocycles. The number of hydrogen-bond acceptors (Lipinski definition) is 3. The summed E-state index contributed by atoms with van der Waals surface area (Å²) in [6.45, 7) is 1.10. The molecule has 0 N–H and O–H groups in total. The lowest BCUT2D eigenvalue weighted by Crippen LogP contribution is -2.27. The molecule has 0 amide bonds. The van der Waals surface area contributed by atoms with Crippen LogP contribution in [-0.2, 0) is 0 Å². The van der Waals surface area contributed by atoms with Crippen molar-refractivity contribution >= 4 is 16.9 Å². The number of thioether (sulfide) groups is 1. The van der Waals surface area contributed by atoms with Crippen molar-refractivity contribution in [2.45, 2.75) is 12.1 Å². The third-order valence-corrected chi connectivity index (χ3v) is 4.96. The first kappa shape index (κ1) is 12.0. The highest BCUT2D eigenvalue weighted by molar-refractivity contribution is 8.14. The summed E-state index contributed by atoms with van der Waals surface area (Å²) in [7, 11) is 0. The van der Waals surface area contributed by atoms with Crippen molar-refractivity contribution in [2.75, 3.05) is 12.3 Å². The Hall–Kier alpha value is -1.74. The van der Waals surface area contributed by atoms with E-state index in [0.717, 1.165) is 12.3 Å². The smallest absolute Gasteiger partial charge is 0.160 e. The molecular weight excluding hydrogens is 264 g/mol. The van der Waals surface area contributed by atoms with Crippen molar-refractivity contribution in [1.29, 1.82) is 0 Å². The van der Waals surface area contributed by atoms with Gasteiger partial charge in [-0.2, -0.15) is 0 Å². The third kappa shape index (κ3) is 1.93. The number of aliphatic imine (C=N–C) groups is 1. The maximum atomic E-state index is 4.98. The van der Waals surface area contributed by atoms with E-state index in [2.05, 4.69) is 65.6 Å². The second kappa shape index (κ2) is 4.98. The van der Waals surface area contributed by atoms with Crippen LogP contribution in [0, 0.1) is 0 Å². The van der Waals surface area contributed by atoms with Crippen molar-refractivity contribution in [3.05, 3.63) is 71.8 Å². The number of nitrogens with zero attached hydrogens (tertiary/aromatic N) is 2. The highest BCUT2D eigenvalue weighted by Crippen LogP contribution is 2.46. The Morgan fingerprint density at radius 2 is 1.55 bits per heavy atom. The first-order valence-electron chi connectivity index (χ1n) is 7.00. The van der Waals surface area contributed by atoms with Gasteiger partial charge in [-0.3, -0.25) is 4.99 Å². The molecule has 4 rings (SSSR count). The van der Waals surface area contributed by atoms with E-state index >= 15 is 0 Å². The van der Waals surface area contributed by atoms with Gasteiger partial charge in [-0.05, 0) is 11.1 Å². The molecule has 3 heteroatoms. The van der Waals surface area contributed by atoms with Crippen molar-refractivity contribution in [3.63, 3.8) is 0 Å². The normalized spacial score (nSPS) is 24.6. The molecule has 2 aromatic rings. The van der Waals surface area contributed by atoms with E-state index in [1.807, 2.05) is 11.8 Å². The largest absolute Gasteiger partial charge is 0.341 e. The van der Waals surface area contributed by atoms with Gasteiger partial charge in [0.25, 0.3) is 0 Å². The molecule has 20 heavy (non-hydrogen) atoms. The summed E-state index contributed by atoms with van der Waals surface area (Å²) in [5, 5.41) is 1.22. The summed E-state index contributed by atoms with van der Waals surface area (Å²) in [6, 6.07) is 22.0. The Morgan fingerprint density at radius 3 is 2.25 bits per heavy atom. The molecule has 100 valence electrons. The maximum Gasteiger partial charge on any atom is 0.160 e. The van der Waals surface area contributed by atoms with Gasteiger partial charge in [0, 0.05) is 12.3 Å². The number of hydrogen-bond donors (Lipinski definition) is 0. The van der Waals surface area contributed by atoms with Gasteiger partial charge in [0.15, 0.2) is 5.17 Å². The Labute approximate surface area is 123 Å².